The zero-order chi connectivity index (χ0) is 20.4. The Morgan fingerprint density at radius 1 is 1.14 bits per heavy atom. The van der Waals surface area contributed by atoms with E-state index in [1.165, 1.54) is 11.3 Å². The maximum absolute atomic E-state index is 13.0. The van der Waals surface area contributed by atoms with Crippen molar-refractivity contribution in [1.82, 2.24) is 9.88 Å². The van der Waals surface area contributed by atoms with Gasteiger partial charge in [0.1, 0.15) is 5.01 Å². The second kappa shape index (κ2) is 8.35. The van der Waals surface area contributed by atoms with E-state index in [0.29, 0.717) is 17.1 Å². The van der Waals surface area contributed by atoms with E-state index in [0.717, 1.165) is 34.7 Å². The highest BCUT2D eigenvalue weighted by Gasteiger charge is 2.32. The van der Waals surface area contributed by atoms with Crippen molar-refractivity contribution in [3.8, 4) is 10.6 Å². The molecule has 2 aromatic carbocycles. The summed E-state index contributed by atoms with van der Waals surface area (Å²) in [7, 11) is 0. The number of nitrogens with two attached hydrogens (primary N) is 1. The van der Waals surface area contributed by atoms with Gasteiger partial charge >= 0.3 is 0 Å². The zero-order valence-corrected chi connectivity index (χ0v) is 17.2. The number of hydrogen-bond acceptors (Lipinski definition) is 4. The van der Waals surface area contributed by atoms with Crippen LogP contribution in [0.1, 0.15) is 34.5 Å². The molecule has 2 amide bonds. The summed E-state index contributed by atoms with van der Waals surface area (Å²) in [6, 6.07) is 14.9. The number of aromatic nitrogens is 1. The molecule has 0 aliphatic heterocycles. The molecular formula is C22H20ClN3O2S. The number of hydrogen-bond donors (Lipinski definition) is 1. The van der Waals surface area contributed by atoms with Crippen LogP contribution in [0.15, 0.2) is 53.9 Å². The summed E-state index contributed by atoms with van der Waals surface area (Å²) in [4.78, 5) is 30.7. The van der Waals surface area contributed by atoms with Crippen LogP contribution in [-0.2, 0) is 17.8 Å². The Morgan fingerprint density at radius 2 is 1.86 bits per heavy atom. The van der Waals surface area contributed by atoms with Crippen molar-refractivity contribution in [3.05, 3.63) is 75.8 Å². The molecule has 3 aromatic rings. The molecule has 4 rings (SSSR count). The van der Waals surface area contributed by atoms with E-state index < -0.39 is 5.91 Å². The fourth-order valence-electron chi connectivity index (χ4n) is 3.18. The fraction of sp³-hybridized carbons (Fsp3) is 0.227. The summed E-state index contributed by atoms with van der Waals surface area (Å²) in [5.41, 5.74) is 8.37. The van der Waals surface area contributed by atoms with Gasteiger partial charge in [-0.2, -0.15) is 0 Å². The zero-order valence-electron chi connectivity index (χ0n) is 15.7. The highest BCUT2D eigenvalue weighted by molar-refractivity contribution is 7.13. The van der Waals surface area contributed by atoms with Crippen molar-refractivity contribution in [3.63, 3.8) is 0 Å². The van der Waals surface area contributed by atoms with Crippen molar-refractivity contribution in [1.29, 1.82) is 0 Å². The van der Waals surface area contributed by atoms with Gasteiger partial charge in [-0.25, -0.2) is 4.98 Å². The smallest absolute Gasteiger partial charge is 0.248 e. The van der Waals surface area contributed by atoms with Crippen molar-refractivity contribution < 1.29 is 9.59 Å². The molecule has 7 heteroatoms. The number of thiazole rings is 1. The van der Waals surface area contributed by atoms with Crippen LogP contribution in [0.3, 0.4) is 0 Å². The number of benzene rings is 2. The monoisotopic (exact) mass is 425 g/mol. The number of carbonyl (C=O) groups excluding carboxylic acids is 2. The van der Waals surface area contributed by atoms with Crippen LogP contribution in [-0.4, -0.2) is 27.7 Å². The molecule has 29 heavy (non-hydrogen) atoms. The van der Waals surface area contributed by atoms with Crippen LogP contribution < -0.4 is 5.73 Å². The van der Waals surface area contributed by atoms with Gasteiger partial charge in [-0.1, -0.05) is 41.9 Å². The summed E-state index contributed by atoms with van der Waals surface area (Å²) in [6.07, 6.45) is 2.30. The Balaban J connectivity index is 1.46. The Morgan fingerprint density at radius 3 is 2.52 bits per heavy atom. The van der Waals surface area contributed by atoms with E-state index in [4.69, 9.17) is 17.3 Å². The van der Waals surface area contributed by atoms with Crippen molar-refractivity contribution in [2.24, 2.45) is 5.73 Å². The Kier molecular flexibility index (Phi) is 5.65. The Hall–Kier alpha value is -2.70. The maximum Gasteiger partial charge on any atom is 0.248 e. The van der Waals surface area contributed by atoms with Crippen molar-refractivity contribution in [2.75, 3.05) is 0 Å². The van der Waals surface area contributed by atoms with Crippen molar-refractivity contribution >= 4 is 34.8 Å². The van der Waals surface area contributed by atoms with Crippen LogP contribution in [0.4, 0.5) is 0 Å². The molecule has 0 unspecified atom stereocenters. The second-order valence-corrected chi connectivity index (χ2v) is 8.38. The molecule has 0 radical (unpaired) electrons. The lowest BCUT2D eigenvalue weighted by molar-refractivity contribution is -0.131. The average molecular weight is 426 g/mol. The highest BCUT2D eigenvalue weighted by Crippen LogP contribution is 2.32. The van der Waals surface area contributed by atoms with Crippen LogP contribution in [0, 0.1) is 0 Å². The standard InChI is InChI=1S/C22H20ClN3O2S/c23-19-4-2-1-3-18(19)22-25-16(13-29-22)11-20(27)26(17-9-10-17)12-14-5-7-15(8-6-14)21(24)28/h1-8,13,17H,9-12H2,(H2,24,28). The van der Waals surface area contributed by atoms with E-state index in [-0.39, 0.29) is 18.4 Å². The molecule has 148 valence electrons. The predicted octanol–water partition coefficient (Wildman–Crippen LogP) is 4.30. The van der Waals surface area contributed by atoms with E-state index in [2.05, 4.69) is 4.98 Å². The largest absolute Gasteiger partial charge is 0.366 e. The number of carbonyl (C=O) groups is 2. The lowest BCUT2D eigenvalue weighted by Crippen LogP contribution is -2.33. The van der Waals surface area contributed by atoms with Gasteiger partial charge in [0.15, 0.2) is 0 Å². The lowest BCUT2D eigenvalue weighted by atomic mass is 10.1. The average Bonchev–Trinajstić information content (AvgIpc) is 3.45. The van der Waals surface area contributed by atoms with Gasteiger partial charge in [0.2, 0.25) is 11.8 Å². The third-order valence-electron chi connectivity index (χ3n) is 4.89. The predicted molar refractivity (Wildman–Crippen MR) is 115 cm³/mol. The Bertz CT molecular complexity index is 1040. The quantitative estimate of drug-likeness (QED) is 0.613. The molecule has 0 bridgehead atoms. The summed E-state index contributed by atoms with van der Waals surface area (Å²) >= 11 is 7.75. The minimum Gasteiger partial charge on any atom is -0.366 e. The number of primary amides is 1. The minimum absolute atomic E-state index is 0.0579. The molecule has 2 N–H and O–H groups in total. The molecule has 1 aliphatic rings. The van der Waals surface area contributed by atoms with E-state index >= 15 is 0 Å². The molecule has 1 fully saturated rings. The number of halogens is 1. The number of amides is 2. The lowest BCUT2D eigenvalue weighted by Gasteiger charge is -2.22. The number of rotatable bonds is 7. The summed E-state index contributed by atoms with van der Waals surface area (Å²) < 4.78 is 0. The molecular weight excluding hydrogens is 406 g/mol. The third-order valence-corrected chi connectivity index (χ3v) is 6.14. The maximum atomic E-state index is 13.0. The van der Waals surface area contributed by atoms with Crippen LogP contribution in [0.2, 0.25) is 5.02 Å². The van der Waals surface area contributed by atoms with Crippen LogP contribution in [0.25, 0.3) is 10.6 Å². The molecule has 0 saturated heterocycles. The van der Waals surface area contributed by atoms with Crippen LogP contribution in [0.5, 0.6) is 0 Å². The van der Waals surface area contributed by atoms with E-state index in [1.807, 2.05) is 46.7 Å². The SMILES string of the molecule is NC(=O)c1ccc(CN(C(=O)Cc2csc(-c3ccccc3Cl)n2)C2CC2)cc1. The Labute approximate surface area is 178 Å². The summed E-state index contributed by atoms with van der Waals surface area (Å²) in [5.74, 6) is -0.396. The molecule has 1 aromatic heterocycles. The van der Waals surface area contributed by atoms with Crippen molar-refractivity contribution in [2.45, 2.75) is 31.8 Å². The molecule has 1 heterocycles. The molecule has 1 saturated carbocycles. The molecule has 0 spiro atoms. The van der Waals surface area contributed by atoms with Crippen LogP contribution >= 0.6 is 22.9 Å². The van der Waals surface area contributed by atoms with Gasteiger partial charge in [0.05, 0.1) is 17.1 Å². The molecule has 5 nitrogen and oxygen atoms in total. The first kappa shape index (κ1) is 19.6. The second-order valence-electron chi connectivity index (χ2n) is 7.11. The fourth-order valence-corrected chi connectivity index (χ4v) is 4.32. The van der Waals surface area contributed by atoms with E-state index in [1.54, 1.807) is 12.1 Å². The van der Waals surface area contributed by atoms with Gasteiger partial charge in [-0.05, 0) is 36.6 Å². The first-order valence-electron chi connectivity index (χ1n) is 9.39. The first-order valence-corrected chi connectivity index (χ1v) is 10.6. The highest BCUT2D eigenvalue weighted by atomic mass is 35.5. The van der Waals surface area contributed by atoms with E-state index in [9.17, 15) is 9.59 Å². The van der Waals surface area contributed by atoms with Gasteiger partial charge < -0.3 is 10.6 Å². The normalized spacial score (nSPS) is 13.3. The topological polar surface area (TPSA) is 76.3 Å². The van der Waals surface area contributed by atoms with Gasteiger partial charge in [0, 0.05) is 29.1 Å². The number of nitrogens with zero attached hydrogens (tertiary/aromatic N) is 2. The first-order chi connectivity index (χ1) is 14.0. The minimum atomic E-state index is -0.454. The molecule has 1 aliphatic carbocycles. The summed E-state index contributed by atoms with van der Waals surface area (Å²) in [5, 5.41) is 3.39. The van der Waals surface area contributed by atoms with Gasteiger partial charge in [0.25, 0.3) is 0 Å². The third kappa shape index (κ3) is 4.66. The molecule has 0 atom stereocenters. The van der Waals surface area contributed by atoms with Gasteiger partial charge in [-0.15, -0.1) is 11.3 Å². The van der Waals surface area contributed by atoms with Gasteiger partial charge in [-0.3, -0.25) is 9.59 Å². The summed E-state index contributed by atoms with van der Waals surface area (Å²) in [6.45, 7) is 0.518.